The van der Waals surface area contributed by atoms with Crippen molar-refractivity contribution < 1.29 is 0 Å². The number of fused-ring (bicyclic) bond motifs is 3. The third kappa shape index (κ3) is 1.77. The maximum atomic E-state index is 4.08. The first kappa shape index (κ1) is 11.2. The van der Waals surface area contributed by atoms with Crippen LogP contribution in [0, 0.1) is 0 Å². The van der Waals surface area contributed by atoms with Crippen LogP contribution >= 0.6 is 0 Å². The highest BCUT2D eigenvalue weighted by Crippen LogP contribution is 2.28. The lowest BCUT2D eigenvalue weighted by Crippen LogP contribution is -1.89. The predicted molar refractivity (Wildman–Crippen MR) is 82.8 cm³/mol. The Labute approximate surface area is 117 Å². The molecule has 2 aromatic heterocycles. The molecule has 0 aliphatic rings. The molecule has 0 bridgehead atoms. The molecule has 0 fully saturated rings. The lowest BCUT2D eigenvalue weighted by molar-refractivity contribution is 1.17. The van der Waals surface area contributed by atoms with Crippen molar-refractivity contribution in [3.8, 4) is 0 Å². The normalized spacial score (nSPS) is 11.2. The van der Waals surface area contributed by atoms with E-state index in [4.69, 9.17) is 0 Å². The van der Waals surface area contributed by atoms with Gasteiger partial charge in [0, 0.05) is 28.7 Å². The van der Waals surface area contributed by atoms with E-state index in [0.29, 0.717) is 0 Å². The molecule has 20 heavy (non-hydrogen) atoms. The number of rotatable bonds is 2. The van der Waals surface area contributed by atoms with Crippen LogP contribution in [0.25, 0.3) is 21.8 Å². The van der Waals surface area contributed by atoms with Crippen molar-refractivity contribution in [1.29, 1.82) is 0 Å². The smallest absolute Gasteiger partial charge is 0.0500 e. The summed E-state index contributed by atoms with van der Waals surface area (Å²) in [5.41, 5.74) is 5.05. The van der Waals surface area contributed by atoms with Gasteiger partial charge in [-0.1, -0.05) is 36.4 Å². The molecule has 0 amide bonds. The quantitative estimate of drug-likeness (QED) is 0.570. The zero-order valence-corrected chi connectivity index (χ0v) is 11.0. The molecule has 0 saturated carbocycles. The number of aromatic amines is 1. The largest absolute Gasteiger partial charge is 0.354 e. The Morgan fingerprint density at radius 1 is 0.800 bits per heavy atom. The van der Waals surface area contributed by atoms with Gasteiger partial charge in [0.05, 0.1) is 5.52 Å². The highest BCUT2D eigenvalue weighted by Gasteiger charge is 2.07. The molecule has 0 spiro atoms. The van der Waals surface area contributed by atoms with Gasteiger partial charge in [0.1, 0.15) is 0 Å². The van der Waals surface area contributed by atoms with E-state index in [9.17, 15) is 0 Å². The summed E-state index contributed by atoms with van der Waals surface area (Å²) >= 11 is 0. The molecule has 1 N–H and O–H groups in total. The molecule has 0 unspecified atom stereocenters. The third-order valence-electron chi connectivity index (χ3n) is 3.77. The van der Waals surface area contributed by atoms with E-state index >= 15 is 0 Å². The van der Waals surface area contributed by atoms with Crippen molar-refractivity contribution in [3.05, 3.63) is 78.1 Å². The standard InChI is InChI=1S/C18H14N2/c1-2-7-17-15(5-1)16-6-3-4-14(18(16)20-17)12-13-8-10-19-11-9-13/h1-11,20H,12H2. The minimum Gasteiger partial charge on any atom is -0.354 e. The van der Waals surface area contributed by atoms with Gasteiger partial charge in [0.2, 0.25) is 0 Å². The Kier molecular flexibility index (Phi) is 2.52. The Morgan fingerprint density at radius 3 is 2.50 bits per heavy atom. The van der Waals surface area contributed by atoms with Gasteiger partial charge in [-0.25, -0.2) is 0 Å². The van der Waals surface area contributed by atoms with Crippen LogP contribution in [0.15, 0.2) is 67.0 Å². The summed E-state index contributed by atoms with van der Waals surface area (Å²) in [5.74, 6) is 0. The van der Waals surface area contributed by atoms with Gasteiger partial charge in [-0.15, -0.1) is 0 Å². The number of nitrogens with zero attached hydrogens (tertiary/aromatic N) is 1. The summed E-state index contributed by atoms with van der Waals surface area (Å²) in [5, 5.41) is 2.59. The van der Waals surface area contributed by atoms with E-state index in [1.165, 1.54) is 32.9 Å². The number of H-pyrrole nitrogens is 1. The molecular weight excluding hydrogens is 244 g/mol. The van der Waals surface area contributed by atoms with Gasteiger partial charge in [0.15, 0.2) is 0 Å². The van der Waals surface area contributed by atoms with E-state index in [0.717, 1.165) is 6.42 Å². The highest BCUT2D eigenvalue weighted by atomic mass is 14.7. The summed E-state index contributed by atoms with van der Waals surface area (Å²) in [6.07, 6.45) is 4.62. The van der Waals surface area contributed by atoms with Gasteiger partial charge in [0.25, 0.3) is 0 Å². The molecule has 0 radical (unpaired) electrons. The zero-order chi connectivity index (χ0) is 13.4. The number of benzene rings is 2. The molecule has 96 valence electrons. The molecular formula is C18H14N2. The maximum absolute atomic E-state index is 4.08. The SMILES string of the molecule is c1ccc2c(c1)[nH]c1c(Cc3ccncc3)cccc12. The average molecular weight is 258 g/mol. The molecule has 2 heterocycles. The van der Waals surface area contributed by atoms with Crippen molar-refractivity contribution in [3.63, 3.8) is 0 Å². The lowest BCUT2D eigenvalue weighted by atomic mass is 10.0. The number of para-hydroxylation sites is 2. The number of pyridine rings is 1. The van der Waals surface area contributed by atoms with Crippen molar-refractivity contribution in [1.82, 2.24) is 9.97 Å². The lowest BCUT2D eigenvalue weighted by Gasteiger charge is -2.03. The van der Waals surface area contributed by atoms with Gasteiger partial charge >= 0.3 is 0 Å². The third-order valence-corrected chi connectivity index (χ3v) is 3.77. The molecule has 4 rings (SSSR count). The van der Waals surface area contributed by atoms with Crippen LogP contribution in [0.3, 0.4) is 0 Å². The summed E-state index contributed by atoms with van der Waals surface area (Å²) < 4.78 is 0. The Morgan fingerprint density at radius 2 is 1.60 bits per heavy atom. The van der Waals surface area contributed by atoms with E-state index in [1.807, 2.05) is 12.4 Å². The van der Waals surface area contributed by atoms with Crippen LogP contribution in [0.2, 0.25) is 0 Å². The number of hydrogen-bond donors (Lipinski definition) is 1. The highest BCUT2D eigenvalue weighted by molar-refractivity contribution is 6.08. The Bertz CT molecular complexity index is 876. The van der Waals surface area contributed by atoms with Crippen LogP contribution in [0.1, 0.15) is 11.1 Å². The fourth-order valence-electron chi connectivity index (χ4n) is 2.80. The zero-order valence-electron chi connectivity index (χ0n) is 11.0. The summed E-state index contributed by atoms with van der Waals surface area (Å²) in [6, 6.07) is 19.1. The molecule has 2 heteroatoms. The van der Waals surface area contributed by atoms with Crippen LogP contribution < -0.4 is 0 Å². The van der Waals surface area contributed by atoms with Crippen LogP contribution in [-0.4, -0.2) is 9.97 Å². The van der Waals surface area contributed by atoms with Crippen LogP contribution in [0.4, 0.5) is 0 Å². The molecule has 0 aliphatic carbocycles. The minimum atomic E-state index is 0.923. The second-order valence-corrected chi connectivity index (χ2v) is 5.04. The molecule has 0 aliphatic heterocycles. The van der Waals surface area contributed by atoms with E-state index in [-0.39, 0.29) is 0 Å². The average Bonchev–Trinajstić information content (AvgIpc) is 2.88. The molecule has 4 aromatic rings. The summed E-state index contributed by atoms with van der Waals surface area (Å²) in [4.78, 5) is 7.63. The van der Waals surface area contributed by atoms with Gasteiger partial charge in [-0.2, -0.15) is 0 Å². The first-order chi connectivity index (χ1) is 9.92. The van der Waals surface area contributed by atoms with Crippen LogP contribution in [0.5, 0.6) is 0 Å². The second kappa shape index (κ2) is 4.49. The predicted octanol–water partition coefficient (Wildman–Crippen LogP) is 4.31. The van der Waals surface area contributed by atoms with E-state index in [1.54, 1.807) is 0 Å². The minimum absolute atomic E-state index is 0.923. The number of aromatic nitrogens is 2. The molecule has 0 atom stereocenters. The Hall–Kier alpha value is -2.61. The second-order valence-electron chi connectivity index (χ2n) is 5.04. The van der Waals surface area contributed by atoms with E-state index in [2.05, 4.69) is 64.6 Å². The molecule has 2 aromatic carbocycles. The number of nitrogens with one attached hydrogen (secondary N) is 1. The van der Waals surface area contributed by atoms with Crippen molar-refractivity contribution >= 4 is 21.8 Å². The monoisotopic (exact) mass is 258 g/mol. The van der Waals surface area contributed by atoms with Gasteiger partial charge < -0.3 is 4.98 Å². The fourth-order valence-corrected chi connectivity index (χ4v) is 2.80. The first-order valence-corrected chi connectivity index (χ1v) is 6.79. The van der Waals surface area contributed by atoms with Crippen molar-refractivity contribution in [2.24, 2.45) is 0 Å². The van der Waals surface area contributed by atoms with Crippen molar-refractivity contribution in [2.75, 3.05) is 0 Å². The number of hydrogen-bond acceptors (Lipinski definition) is 1. The van der Waals surface area contributed by atoms with Gasteiger partial charge in [-0.05, 0) is 35.7 Å². The summed E-state index contributed by atoms with van der Waals surface area (Å²) in [7, 11) is 0. The maximum Gasteiger partial charge on any atom is 0.0500 e. The van der Waals surface area contributed by atoms with Crippen LogP contribution in [-0.2, 0) is 6.42 Å². The Balaban J connectivity index is 1.91. The summed E-state index contributed by atoms with van der Waals surface area (Å²) in [6.45, 7) is 0. The van der Waals surface area contributed by atoms with Crippen molar-refractivity contribution in [2.45, 2.75) is 6.42 Å². The first-order valence-electron chi connectivity index (χ1n) is 6.79. The fraction of sp³-hybridized carbons (Fsp3) is 0.0556. The molecule has 2 nitrogen and oxygen atoms in total. The van der Waals surface area contributed by atoms with Gasteiger partial charge in [-0.3, -0.25) is 4.98 Å². The van der Waals surface area contributed by atoms with E-state index < -0.39 is 0 Å². The topological polar surface area (TPSA) is 28.7 Å². The molecule has 0 saturated heterocycles.